The number of carbonyl (C=O) groups is 1. The predicted octanol–water partition coefficient (Wildman–Crippen LogP) is 5.03. The summed E-state index contributed by atoms with van der Waals surface area (Å²) in [6.07, 6.45) is 1.75. The van der Waals surface area contributed by atoms with E-state index in [2.05, 4.69) is 9.97 Å². The number of nitro groups is 1. The molecule has 0 bridgehead atoms. The van der Waals surface area contributed by atoms with Crippen LogP contribution in [0.2, 0.25) is 5.02 Å². The highest BCUT2D eigenvalue weighted by Gasteiger charge is 2.22. The van der Waals surface area contributed by atoms with Crippen molar-refractivity contribution in [2.75, 3.05) is 4.90 Å². The molecule has 0 aliphatic carbocycles. The van der Waals surface area contributed by atoms with Gasteiger partial charge in [-0.2, -0.15) is 0 Å². The van der Waals surface area contributed by atoms with Crippen molar-refractivity contribution in [1.29, 1.82) is 0 Å². The summed E-state index contributed by atoms with van der Waals surface area (Å²) in [6, 6.07) is 17.0. The van der Waals surface area contributed by atoms with Crippen LogP contribution in [-0.2, 0) is 17.8 Å². The maximum absolute atomic E-state index is 13.2. The molecule has 2 aromatic heterocycles. The van der Waals surface area contributed by atoms with Crippen molar-refractivity contribution in [3.63, 3.8) is 0 Å². The molecule has 0 saturated carbocycles. The highest BCUT2D eigenvalue weighted by Crippen LogP contribution is 2.33. The second-order valence-corrected chi connectivity index (χ2v) is 7.90. The van der Waals surface area contributed by atoms with Crippen LogP contribution >= 0.6 is 22.9 Å². The number of amides is 1. The number of nitrogens with zero attached hydrogens (tertiary/aromatic N) is 4. The zero-order chi connectivity index (χ0) is 21.1. The van der Waals surface area contributed by atoms with Gasteiger partial charge in [0.25, 0.3) is 5.69 Å². The van der Waals surface area contributed by atoms with Crippen molar-refractivity contribution in [3.05, 3.63) is 93.3 Å². The molecule has 0 unspecified atom stereocenters. The van der Waals surface area contributed by atoms with Crippen molar-refractivity contribution in [2.45, 2.75) is 13.0 Å². The summed E-state index contributed by atoms with van der Waals surface area (Å²) in [7, 11) is 0. The molecule has 4 aromatic rings. The summed E-state index contributed by atoms with van der Waals surface area (Å²) in [6.45, 7) is 0.254. The van der Waals surface area contributed by atoms with E-state index in [1.54, 1.807) is 29.3 Å². The van der Waals surface area contributed by atoms with Crippen LogP contribution in [0, 0.1) is 10.1 Å². The lowest BCUT2D eigenvalue weighted by atomic mass is 10.1. The van der Waals surface area contributed by atoms with Crippen molar-refractivity contribution < 1.29 is 9.72 Å². The summed E-state index contributed by atoms with van der Waals surface area (Å²) in [5, 5.41) is 11.9. The zero-order valence-corrected chi connectivity index (χ0v) is 17.1. The van der Waals surface area contributed by atoms with Gasteiger partial charge in [-0.25, -0.2) is 4.98 Å². The third-order valence-electron chi connectivity index (χ3n) is 4.44. The summed E-state index contributed by atoms with van der Waals surface area (Å²) >= 11 is 7.63. The van der Waals surface area contributed by atoms with E-state index in [4.69, 9.17) is 11.6 Å². The number of halogens is 1. The number of hydrogen-bond donors (Lipinski definition) is 0. The van der Waals surface area contributed by atoms with E-state index in [0.29, 0.717) is 21.2 Å². The third-order valence-corrected chi connectivity index (χ3v) is 5.79. The Morgan fingerprint density at radius 2 is 1.90 bits per heavy atom. The highest BCUT2D eigenvalue weighted by molar-refractivity contribution is 7.22. The molecule has 2 aromatic carbocycles. The minimum atomic E-state index is -0.468. The van der Waals surface area contributed by atoms with Gasteiger partial charge in [-0.3, -0.25) is 24.8 Å². The van der Waals surface area contributed by atoms with Gasteiger partial charge < -0.3 is 0 Å². The Morgan fingerprint density at radius 1 is 1.10 bits per heavy atom. The van der Waals surface area contributed by atoms with Gasteiger partial charge in [0.05, 0.1) is 33.3 Å². The van der Waals surface area contributed by atoms with Crippen molar-refractivity contribution in [1.82, 2.24) is 9.97 Å². The normalized spacial score (nSPS) is 10.8. The Kier molecular flexibility index (Phi) is 5.69. The third kappa shape index (κ3) is 4.29. The molecule has 0 radical (unpaired) electrons. The summed E-state index contributed by atoms with van der Waals surface area (Å²) in [5.41, 5.74) is 2.03. The van der Waals surface area contributed by atoms with Gasteiger partial charge in [-0.15, -0.1) is 0 Å². The zero-order valence-electron chi connectivity index (χ0n) is 15.6. The van der Waals surface area contributed by atoms with Crippen molar-refractivity contribution in [2.24, 2.45) is 0 Å². The number of nitro benzene ring substituents is 1. The van der Waals surface area contributed by atoms with Gasteiger partial charge in [0.1, 0.15) is 5.52 Å². The Hall–Kier alpha value is -3.36. The number of pyridine rings is 1. The van der Waals surface area contributed by atoms with Gasteiger partial charge in [0.15, 0.2) is 5.13 Å². The van der Waals surface area contributed by atoms with Crippen LogP contribution in [0.1, 0.15) is 11.3 Å². The molecule has 0 N–H and O–H groups in total. The number of anilines is 1. The SMILES string of the molecule is O=C(Cc1ccc([N+](=O)[O-])cc1)N(Cc1ccccn1)c1nc2c(Cl)cccc2s1. The van der Waals surface area contributed by atoms with E-state index >= 15 is 0 Å². The molecule has 0 fully saturated rings. The van der Waals surface area contributed by atoms with Crippen LogP contribution < -0.4 is 4.90 Å². The first-order chi connectivity index (χ1) is 14.5. The van der Waals surface area contributed by atoms with Crippen molar-refractivity contribution in [3.8, 4) is 0 Å². The fourth-order valence-corrected chi connectivity index (χ4v) is 4.22. The van der Waals surface area contributed by atoms with E-state index in [9.17, 15) is 14.9 Å². The molecule has 30 heavy (non-hydrogen) atoms. The molecule has 0 saturated heterocycles. The summed E-state index contributed by atoms with van der Waals surface area (Å²) < 4.78 is 0.881. The molecule has 4 rings (SSSR count). The van der Waals surface area contributed by atoms with Crippen LogP contribution in [0.4, 0.5) is 10.8 Å². The molecular formula is C21H15ClN4O3S. The molecule has 0 spiro atoms. The lowest BCUT2D eigenvalue weighted by Crippen LogP contribution is -2.32. The Labute approximate surface area is 180 Å². The van der Waals surface area contributed by atoms with Crippen LogP contribution in [-0.4, -0.2) is 20.8 Å². The predicted molar refractivity (Wildman–Crippen MR) is 117 cm³/mol. The second-order valence-electron chi connectivity index (χ2n) is 6.48. The Bertz CT molecular complexity index is 1210. The van der Waals surface area contributed by atoms with Crippen LogP contribution in [0.5, 0.6) is 0 Å². The van der Waals surface area contributed by atoms with Gasteiger partial charge in [-0.05, 0) is 29.8 Å². The van der Waals surface area contributed by atoms with Gasteiger partial charge in [0.2, 0.25) is 5.91 Å². The van der Waals surface area contributed by atoms with E-state index < -0.39 is 4.92 Å². The number of carbonyl (C=O) groups excluding carboxylic acids is 1. The van der Waals surface area contributed by atoms with Crippen molar-refractivity contribution >= 4 is 49.9 Å². The quantitative estimate of drug-likeness (QED) is 0.311. The van der Waals surface area contributed by atoms with Gasteiger partial charge in [-0.1, -0.05) is 47.2 Å². The molecule has 150 valence electrons. The minimum Gasteiger partial charge on any atom is -0.282 e. The fraction of sp³-hybridized carbons (Fsp3) is 0.0952. The standard InChI is InChI=1S/C21H15ClN4O3S/c22-17-5-3-6-18-20(17)24-21(30-18)25(13-15-4-1-2-11-23-15)19(27)12-14-7-9-16(10-8-14)26(28)29/h1-11H,12-13H2. The van der Waals surface area contributed by atoms with E-state index in [0.717, 1.165) is 10.4 Å². The van der Waals surface area contributed by atoms with E-state index in [-0.39, 0.29) is 24.6 Å². The maximum atomic E-state index is 13.2. The molecule has 0 atom stereocenters. The first kappa shape index (κ1) is 19.9. The monoisotopic (exact) mass is 438 g/mol. The topological polar surface area (TPSA) is 89.2 Å². The molecule has 0 aliphatic heterocycles. The van der Waals surface area contributed by atoms with Crippen LogP contribution in [0.25, 0.3) is 10.2 Å². The number of rotatable bonds is 6. The minimum absolute atomic E-state index is 0.0163. The summed E-state index contributed by atoms with van der Waals surface area (Å²) in [4.78, 5) is 34.1. The fourth-order valence-electron chi connectivity index (χ4n) is 2.94. The van der Waals surface area contributed by atoms with Gasteiger partial charge >= 0.3 is 0 Å². The maximum Gasteiger partial charge on any atom is 0.269 e. The van der Waals surface area contributed by atoms with Gasteiger partial charge in [0, 0.05) is 18.3 Å². The Balaban J connectivity index is 1.66. The number of benzene rings is 2. The van der Waals surface area contributed by atoms with Crippen LogP contribution in [0.15, 0.2) is 66.9 Å². The highest BCUT2D eigenvalue weighted by atomic mass is 35.5. The number of para-hydroxylation sites is 1. The molecule has 9 heteroatoms. The first-order valence-corrected chi connectivity index (χ1v) is 10.2. The average molecular weight is 439 g/mol. The molecule has 2 heterocycles. The number of hydrogen-bond acceptors (Lipinski definition) is 6. The second kappa shape index (κ2) is 8.56. The molecule has 1 amide bonds. The average Bonchev–Trinajstić information content (AvgIpc) is 3.18. The molecule has 7 nitrogen and oxygen atoms in total. The van der Waals surface area contributed by atoms with E-state index in [1.165, 1.54) is 23.5 Å². The summed E-state index contributed by atoms with van der Waals surface area (Å²) in [5.74, 6) is -0.190. The molecule has 0 aliphatic rings. The lowest BCUT2D eigenvalue weighted by Gasteiger charge is -2.19. The number of fused-ring (bicyclic) bond motifs is 1. The lowest BCUT2D eigenvalue weighted by molar-refractivity contribution is -0.384. The largest absolute Gasteiger partial charge is 0.282 e. The number of thiazole rings is 1. The number of aromatic nitrogens is 2. The Morgan fingerprint density at radius 3 is 2.57 bits per heavy atom. The van der Waals surface area contributed by atoms with E-state index in [1.807, 2.05) is 30.3 Å². The first-order valence-electron chi connectivity index (χ1n) is 9.00. The van der Waals surface area contributed by atoms with Crippen LogP contribution in [0.3, 0.4) is 0 Å². The smallest absolute Gasteiger partial charge is 0.269 e. The number of non-ortho nitro benzene ring substituents is 1. The molecular weight excluding hydrogens is 424 g/mol.